The highest BCUT2D eigenvalue weighted by molar-refractivity contribution is 5.98. The van der Waals surface area contributed by atoms with Crippen LogP contribution in [0.4, 0.5) is 0 Å². The Morgan fingerprint density at radius 3 is 1.87 bits per heavy atom. The lowest BCUT2D eigenvalue weighted by Gasteiger charge is -2.14. The third-order valence-corrected chi connectivity index (χ3v) is 7.99. The number of aromatic nitrogens is 2. The molecule has 0 spiro atoms. The molecular formula is C42H32N4. The van der Waals surface area contributed by atoms with Crippen molar-refractivity contribution in [2.75, 3.05) is 0 Å². The number of benzene rings is 6. The molecule has 0 bridgehead atoms. The number of hydrogen-bond donors (Lipinski definition) is 0. The molecule has 0 saturated carbocycles. The van der Waals surface area contributed by atoms with E-state index in [1.54, 1.807) is 12.6 Å². The Morgan fingerprint density at radius 1 is 0.522 bits per heavy atom. The lowest BCUT2D eigenvalue weighted by Crippen LogP contribution is -1.97. The molecule has 0 aliphatic carbocycles. The van der Waals surface area contributed by atoms with E-state index in [1.165, 1.54) is 16.3 Å². The maximum atomic E-state index is 5.16. The van der Waals surface area contributed by atoms with Gasteiger partial charge in [0.2, 0.25) is 0 Å². The second-order valence-corrected chi connectivity index (χ2v) is 11.1. The topological polar surface area (TPSA) is 50.5 Å². The van der Waals surface area contributed by atoms with E-state index in [0.717, 1.165) is 50.3 Å². The SMILES string of the molecule is C/C=N\C=N/Cc1cccc(-c2cc(-c3nc(-c4ccccc4)cc(-c4ccccc4)n3)cc(-c3cccc4ccccc34)c2)c1. The minimum atomic E-state index is 0.559. The molecule has 7 rings (SSSR count). The summed E-state index contributed by atoms with van der Waals surface area (Å²) in [5.41, 5.74) is 10.4. The van der Waals surface area contributed by atoms with E-state index in [2.05, 4.69) is 125 Å². The van der Waals surface area contributed by atoms with Crippen molar-refractivity contribution in [3.63, 3.8) is 0 Å². The largest absolute Gasteiger partial charge is 0.269 e. The molecule has 46 heavy (non-hydrogen) atoms. The fraction of sp³-hybridized carbons (Fsp3) is 0.0476. The smallest absolute Gasteiger partial charge is 0.160 e. The molecule has 6 aromatic carbocycles. The molecule has 4 heteroatoms. The molecule has 0 N–H and O–H groups in total. The maximum absolute atomic E-state index is 5.16. The number of nitrogens with zero attached hydrogens (tertiary/aromatic N) is 4. The van der Waals surface area contributed by atoms with Gasteiger partial charge in [-0.2, -0.15) is 0 Å². The highest BCUT2D eigenvalue weighted by Gasteiger charge is 2.15. The standard InChI is InChI=1S/C42H32N4/c1-2-43-29-44-28-30-13-11-20-34(23-30)35-24-36(39-22-12-19-31-14-9-10-21-38(31)39)26-37(25-35)42-45-40(32-15-5-3-6-16-32)27-41(46-42)33-17-7-4-8-18-33/h2-27,29H,28H2,1H3/b43-2-,44-29-. The van der Waals surface area contributed by atoms with E-state index in [4.69, 9.17) is 9.97 Å². The average Bonchev–Trinajstić information content (AvgIpc) is 3.13. The Labute approximate surface area is 269 Å². The lowest BCUT2D eigenvalue weighted by molar-refractivity contribution is 1.07. The van der Waals surface area contributed by atoms with Gasteiger partial charge in [-0.1, -0.05) is 121 Å². The van der Waals surface area contributed by atoms with Gasteiger partial charge in [-0.15, -0.1) is 0 Å². The van der Waals surface area contributed by atoms with Gasteiger partial charge in [0.1, 0.15) is 6.34 Å². The van der Waals surface area contributed by atoms with E-state index in [9.17, 15) is 0 Å². The molecule has 0 aliphatic rings. The van der Waals surface area contributed by atoms with Crippen LogP contribution in [0.2, 0.25) is 0 Å². The van der Waals surface area contributed by atoms with E-state index in [0.29, 0.717) is 12.4 Å². The summed E-state index contributed by atoms with van der Waals surface area (Å²) in [4.78, 5) is 18.9. The second kappa shape index (κ2) is 13.3. The lowest BCUT2D eigenvalue weighted by atomic mass is 9.92. The van der Waals surface area contributed by atoms with Crippen molar-refractivity contribution in [2.45, 2.75) is 13.5 Å². The first-order chi connectivity index (χ1) is 22.7. The molecule has 7 aromatic rings. The van der Waals surface area contributed by atoms with Crippen LogP contribution in [0.1, 0.15) is 12.5 Å². The molecule has 220 valence electrons. The van der Waals surface area contributed by atoms with Crippen LogP contribution in [0.15, 0.2) is 162 Å². The van der Waals surface area contributed by atoms with Gasteiger partial charge in [0.15, 0.2) is 5.82 Å². The van der Waals surface area contributed by atoms with Crippen molar-refractivity contribution in [1.82, 2.24) is 9.97 Å². The molecule has 0 radical (unpaired) electrons. The van der Waals surface area contributed by atoms with Crippen LogP contribution in [0.3, 0.4) is 0 Å². The Balaban J connectivity index is 1.44. The molecule has 1 aromatic heterocycles. The summed E-state index contributed by atoms with van der Waals surface area (Å²) in [5, 5.41) is 2.41. The van der Waals surface area contributed by atoms with Crippen LogP contribution < -0.4 is 0 Å². The third kappa shape index (κ3) is 6.28. The van der Waals surface area contributed by atoms with Crippen LogP contribution in [0.25, 0.3) is 66.9 Å². The summed E-state index contributed by atoms with van der Waals surface area (Å²) in [7, 11) is 0. The normalized spacial score (nSPS) is 11.5. The van der Waals surface area contributed by atoms with Gasteiger partial charge in [0.05, 0.1) is 17.9 Å². The van der Waals surface area contributed by atoms with Gasteiger partial charge in [-0.05, 0) is 75.8 Å². The molecule has 0 atom stereocenters. The van der Waals surface area contributed by atoms with Crippen molar-refractivity contribution in [3.8, 4) is 56.2 Å². The zero-order valence-corrected chi connectivity index (χ0v) is 25.6. The minimum Gasteiger partial charge on any atom is -0.269 e. The van der Waals surface area contributed by atoms with E-state index < -0.39 is 0 Å². The molecule has 0 amide bonds. The predicted molar refractivity (Wildman–Crippen MR) is 193 cm³/mol. The van der Waals surface area contributed by atoms with Gasteiger partial charge < -0.3 is 0 Å². The maximum Gasteiger partial charge on any atom is 0.160 e. The third-order valence-electron chi connectivity index (χ3n) is 7.99. The molecule has 0 fully saturated rings. The summed E-state index contributed by atoms with van der Waals surface area (Å²) in [5.74, 6) is 0.682. The Hall–Kier alpha value is -6.00. The van der Waals surface area contributed by atoms with Gasteiger partial charge in [0, 0.05) is 22.9 Å². The first-order valence-corrected chi connectivity index (χ1v) is 15.4. The van der Waals surface area contributed by atoms with E-state index in [-0.39, 0.29) is 0 Å². The van der Waals surface area contributed by atoms with Crippen molar-refractivity contribution >= 4 is 23.3 Å². The summed E-state index contributed by atoms with van der Waals surface area (Å²) in [6.07, 6.45) is 3.34. The summed E-state index contributed by atoms with van der Waals surface area (Å²) in [6, 6.07) is 53.0. The summed E-state index contributed by atoms with van der Waals surface area (Å²) >= 11 is 0. The van der Waals surface area contributed by atoms with Crippen molar-refractivity contribution < 1.29 is 0 Å². The van der Waals surface area contributed by atoms with Crippen LogP contribution in [-0.2, 0) is 6.54 Å². The molecule has 1 heterocycles. The molecule has 0 saturated heterocycles. The van der Waals surface area contributed by atoms with Crippen LogP contribution in [0.5, 0.6) is 0 Å². The minimum absolute atomic E-state index is 0.559. The van der Waals surface area contributed by atoms with Gasteiger partial charge in [0.25, 0.3) is 0 Å². The average molecular weight is 593 g/mol. The molecular weight excluding hydrogens is 560 g/mol. The van der Waals surface area contributed by atoms with Crippen molar-refractivity contribution in [2.24, 2.45) is 9.98 Å². The first kappa shape index (κ1) is 28.8. The zero-order chi connectivity index (χ0) is 31.1. The Kier molecular flexibility index (Phi) is 8.33. The fourth-order valence-corrected chi connectivity index (χ4v) is 5.76. The number of fused-ring (bicyclic) bond motifs is 1. The summed E-state index contributed by atoms with van der Waals surface area (Å²) in [6.45, 7) is 2.44. The second-order valence-electron chi connectivity index (χ2n) is 11.1. The van der Waals surface area contributed by atoms with Gasteiger partial charge >= 0.3 is 0 Å². The first-order valence-electron chi connectivity index (χ1n) is 15.4. The van der Waals surface area contributed by atoms with E-state index in [1.807, 2.05) is 43.3 Å². The van der Waals surface area contributed by atoms with Crippen molar-refractivity contribution in [1.29, 1.82) is 0 Å². The zero-order valence-electron chi connectivity index (χ0n) is 25.6. The number of aliphatic imine (C=N–C) groups is 2. The summed E-state index contributed by atoms with van der Waals surface area (Å²) < 4.78 is 0. The van der Waals surface area contributed by atoms with Crippen LogP contribution in [0, 0.1) is 0 Å². The fourth-order valence-electron chi connectivity index (χ4n) is 5.76. The quantitative estimate of drug-likeness (QED) is 0.130. The van der Waals surface area contributed by atoms with Gasteiger partial charge in [-0.3, -0.25) is 4.99 Å². The van der Waals surface area contributed by atoms with Crippen LogP contribution >= 0.6 is 0 Å². The molecule has 4 nitrogen and oxygen atoms in total. The highest BCUT2D eigenvalue weighted by Crippen LogP contribution is 2.36. The highest BCUT2D eigenvalue weighted by atomic mass is 14.9. The Bertz CT molecular complexity index is 2120. The van der Waals surface area contributed by atoms with Crippen molar-refractivity contribution in [3.05, 3.63) is 157 Å². The molecule has 0 unspecified atom stereocenters. The number of hydrogen-bond acceptors (Lipinski definition) is 3. The van der Waals surface area contributed by atoms with E-state index >= 15 is 0 Å². The molecule has 0 aliphatic heterocycles. The monoisotopic (exact) mass is 592 g/mol. The van der Waals surface area contributed by atoms with Gasteiger partial charge in [-0.25, -0.2) is 15.0 Å². The number of rotatable bonds is 8. The Morgan fingerprint density at radius 2 is 1.13 bits per heavy atom. The predicted octanol–water partition coefficient (Wildman–Crippen LogP) is 10.6. The van der Waals surface area contributed by atoms with Crippen LogP contribution in [-0.4, -0.2) is 22.5 Å².